The van der Waals surface area contributed by atoms with Crippen LogP contribution in [0.4, 0.5) is 0 Å². The lowest BCUT2D eigenvalue weighted by atomic mass is 9.59. The molecule has 4 aliphatic rings. The molecule has 4 rings (SSSR count). The molecule has 0 aromatic heterocycles. The molecule has 4 fully saturated rings. The zero-order chi connectivity index (χ0) is 8.34. The summed E-state index contributed by atoms with van der Waals surface area (Å²) in [5, 5.41) is 0. The Labute approximate surface area is 72.9 Å². The highest BCUT2D eigenvalue weighted by Gasteiger charge is 2.60. The molecule has 66 valence electrons. The fourth-order valence-corrected chi connectivity index (χ4v) is 4.00. The summed E-state index contributed by atoms with van der Waals surface area (Å²) in [7, 11) is 0. The van der Waals surface area contributed by atoms with Gasteiger partial charge in [-0.15, -0.1) is 0 Å². The first-order valence-corrected chi connectivity index (χ1v) is 5.14. The van der Waals surface area contributed by atoms with Gasteiger partial charge in [-0.05, 0) is 18.3 Å². The van der Waals surface area contributed by atoms with E-state index in [0.717, 1.165) is 11.8 Å². The van der Waals surface area contributed by atoms with E-state index < -0.39 is 0 Å². The zero-order valence-electron chi connectivity index (χ0n) is 7.62. The number of hydrogen-bond donors (Lipinski definition) is 0. The molecule has 2 saturated heterocycles. The Hall–Kier alpha value is -0.400. The molecule has 12 heavy (non-hydrogen) atoms. The average molecular weight is 166 g/mol. The first-order valence-electron chi connectivity index (χ1n) is 5.14. The Kier molecular flexibility index (Phi) is 1.12. The van der Waals surface area contributed by atoms with E-state index in [-0.39, 0.29) is 5.54 Å². The Morgan fingerprint density at radius 3 is 2.25 bits per heavy atom. The Morgan fingerprint density at radius 1 is 1.17 bits per heavy atom. The number of rotatable bonds is 0. The molecule has 4 bridgehead atoms. The van der Waals surface area contributed by atoms with Crippen LogP contribution in [0.15, 0.2) is 0 Å². The van der Waals surface area contributed by atoms with Gasteiger partial charge in [0.15, 0.2) is 0 Å². The summed E-state index contributed by atoms with van der Waals surface area (Å²) >= 11 is 0. The molecule has 2 heterocycles. The third-order valence-corrected chi connectivity index (χ3v) is 4.20. The summed E-state index contributed by atoms with van der Waals surface area (Å²) in [6, 6.07) is 0.390. The van der Waals surface area contributed by atoms with Gasteiger partial charge in [0.2, 0.25) is 11.6 Å². The van der Waals surface area contributed by atoms with Crippen LogP contribution in [0.3, 0.4) is 0 Å². The molecule has 0 spiro atoms. The van der Waals surface area contributed by atoms with Crippen molar-refractivity contribution in [2.75, 3.05) is 0 Å². The first kappa shape index (κ1) is 7.05. The lowest BCUT2D eigenvalue weighted by Gasteiger charge is -2.48. The highest BCUT2D eigenvalue weighted by atomic mass is 16.3. The largest absolute Gasteiger partial charge is 0.208 e. The minimum atomic E-state index is 0.0365. The maximum atomic E-state index is 11.8. The molecule has 0 aromatic carbocycles. The predicted octanol–water partition coefficient (Wildman–Crippen LogP) is 2.12. The van der Waals surface area contributed by atoms with Crippen LogP contribution in [0, 0.1) is 16.7 Å². The van der Waals surface area contributed by atoms with E-state index in [1.807, 2.05) is 0 Å². The lowest BCUT2D eigenvalue weighted by Crippen LogP contribution is -2.59. The van der Waals surface area contributed by atoms with Crippen LogP contribution >= 0.6 is 0 Å². The van der Waals surface area contributed by atoms with Gasteiger partial charge >= 0.3 is 0 Å². The van der Waals surface area contributed by atoms with Crippen molar-refractivity contribution in [3.63, 3.8) is 0 Å². The molecule has 0 radical (unpaired) electrons. The van der Waals surface area contributed by atoms with E-state index in [9.17, 15) is 4.91 Å². The smallest absolute Gasteiger partial charge is 0.0465 e. The second-order valence-corrected chi connectivity index (χ2v) is 5.32. The minimum absolute atomic E-state index is 0.0365. The second kappa shape index (κ2) is 1.91. The molecule has 2 atom stereocenters. The summed E-state index contributed by atoms with van der Waals surface area (Å²) in [6.45, 7) is 2.17. The topological polar surface area (TPSA) is 20.1 Å². The predicted molar refractivity (Wildman–Crippen MR) is 45.9 cm³/mol. The normalized spacial score (nSPS) is 56.4. The maximum absolute atomic E-state index is 11.8. The summed E-state index contributed by atoms with van der Waals surface area (Å²) in [5.74, 6) is 1.77. The van der Waals surface area contributed by atoms with E-state index in [4.69, 9.17) is 0 Å². The van der Waals surface area contributed by atoms with Crippen molar-refractivity contribution in [2.45, 2.75) is 50.6 Å². The molecule has 2 saturated carbocycles. The first-order chi connectivity index (χ1) is 5.67. The molecule has 2 unspecified atom stereocenters. The van der Waals surface area contributed by atoms with Gasteiger partial charge in [0.1, 0.15) is 0 Å². The molecule has 0 aromatic rings. The van der Waals surface area contributed by atoms with E-state index in [1.54, 1.807) is 0 Å². The SMILES string of the molecule is CC12CC3CC(CC(C3)[N+]1=O)C2. The molecule has 0 amide bonds. The van der Waals surface area contributed by atoms with Crippen LogP contribution in [-0.2, 0) is 0 Å². The minimum Gasteiger partial charge on any atom is -0.0465 e. The van der Waals surface area contributed by atoms with Crippen LogP contribution in [-0.4, -0.2) is 16.3 Å². The molecule has 2 aliphatic heterocycles. The van der Waals surface area contributed by atoms with Crippen LogP contribution in [0.2, 0.25) is 0 Å². The summed E-state index contributed by atoms with van der Waals surface area (Å²) in [4.78, 5) is 11.8. The van der Waals surface area contributed by atoms with Crippen LogP contribution in [0.25, 0.3) is 0 Å². The Balaban J connectivity index is 2.02. The van der Waals surface area contributed by atoms with E-state index >= 15 is 0 Å². The van der Waals surface area contributed by atoms with Crippen molar-refractivity contribution in [1.82, 2.24) is 0 Å². The standard InChI is InChI=1S/C10H16NO/c1-10-5-7-2-8(6-10)4-9(3-7)11(10)12/h7-9H,2-6H2,1H3/q+1. The number of nitrogens with zero attached hydrogens (tertiary/aromatic N) is 1. The molecule has 0 N–H and O–H groups in total. The third-order valence-electron chi connectivity index (χ3n) is 4.20. The zero-order valence-corrected chi connectivity index (χ0v) is 7.62. The fourth-order valence-electron chi connectivity index (χ4n) is 4.00. The monoisotopic (exact) mass is 166 g/mol. The summed E-state index contributed by atoms with van der Waals surface area (Å²) in [6.07, 6.45) is 6.14. The molecule has 2 heteroatoms. The average Bonchev–Trinajstić information content (AvgIpc) is 1.98. The molecule has 2 aliphatic carbocycles. The van der Waals surface area contributed by atoms with Gasteiger partial charge < -0.3 is 0 Å². The van der Waals surface area contributed by atoms with E-state index in [0.29, 0.717) is 6.04 Å². The van der Waals surface area contributed by atoms with Crippen molar-refractivity contribution in [3.8, 4) is 0 Å². The maximum Gasteiger partial charge on any atom is 0.208 e. The molecular weight excluding hydrogens is 150 g/mol. The molecular formula is C10H16NO+. The number of piperidine rings is 2. The highest BCUT2D eigenvalue weighted by Crippen LogP contribution is 2.52. The van der Waals surface area contributed by atoms with Crippen LogP contribution < -0.4 is 0 Å². The van der Waals surface area contributed by atoms with Gasteiger partial charge in [-0.1, -0.05) is 0 Å². The highest BCUT2D eigenvalue weighted by molar-refractivity contribution is 4.97. The second-order valence-electron chi connectivity index (χ2n) is 5.32. The number of nitroso groups, excluding NO2 is 1. The molecule has 2 nitrogen and oxygen atoms in total. The Bertz CT molecular complexity index is 234. The van der Waals surface area contributed by atoms with Gasteiger partial charge in [0, 0.05) is 42.3 Å². The van der Waals surface area contributed by atoms with Gasteiger partial charge in [0.25, 0.3) is 0 Å². The third kappa shape index (κ3) is 0.711. The lowest BCUT2D eigenvalue weighted by molar-refractivity contribution is -0.689. The fraction of sp³-hybridized carbons (Fsp3) is 1.00. The van der Waals surface area contributed by atoms with Crippen molar-refractivity contribution >= 4 is 0 Å². The van der Waals surface area contributed by atoms with Crippen LogP contribution in [0.5, 0.6) is 0 Å². The van der Waals surface area contributed by atoms with Gasteiger partial charge in [-0.3, -0.25) is 0 Å². The quantitative estimate of drug-likeness (QED) is 0.505. The van der Waals surface area contributed by atoms with Crippen molar-refractivity contribution in [1.29, 1.82) is 0 Å². The summed E-state index contributed by atoms with van der Waals surface area (Å²) in [5.41, 5.74) is 0.0365. The van der Waals surface area contributed by atoms with Crippen molar-refractivity contribution in [3.05, 3.63) is 4.91 Å². The van der Waals surface area contributed by atoms with E-state index in [1.165, 1.54) is 36.9 Å². The Morgan fingerprint density at radius 2 is 1.75 bits per heavy atom. The van der Waals surface area contributed by atoms with Gasteiger partial charge in [-0.2, -0.15) is 0 Å². The summed E-state index contributed by atoms with van der Waals surface area (Å²) < 4.78 is 1.43. The number of hydrogen-bond acceptors (Lipinski definition) is 1. The van der Waals surface area contributed by atoms with Gasteiger partial charge in [-0.25, -0.2) is 0 Å². The van der Waals surface area contributed by atoms with Crippen LogP contribution in [0.1, 0.15) is 39.0 Å². The van der Waals surface area contributed by atoms with Gasteiger partial charge in [0.05, 0.1) is 0 Å². The van der Waals surface area contributed by atoms with E-state index in [2.05, 4.69) is 6.92 Å². The van der Waals surface area contributed by atoms with Crippen molar-refractivity contribution in [2.24, 2.45) is 11.8 Å². The van der Waals surface area contributed by atoms with Crippen molar-refractivity contribution < 1.29 is 4.76 Å².